The molecule has 3 nitrogen and oxygen atoms in total. The third-order valence-electron chi connectivity index (χ3n) is 3.31. The van der Waals surface area contributed by atoms with Crippen molar-refractivity contribution in [3.8, 4) is 0 Å². The summed E-state index contributed by atoms with van der Waals surface area (Å²) in [5.41, 5.74) is 2.88. The minimum absolute atomic E-state index is 0.126. The Morgan fingerprint density at radius 3 is 3.12 bits per heavy atom. The minimum Gasteiger partial charge on any atom is -0.469 e. The second-order valence-corrected chi connectivity index (χ2v) is 4.42. The van der Waals surface area contributed by atoms with E-state index < -0.39 is 0 Å². The molecule has 2 rings (SSSR count). The number of ether oxygens (including phenoxy) is 1. The Morgan fingerprint density at radius 2 is 2.29 bits per heavy atom. The maximum Gasteiger partial charge on any atom is 0.305 e. The van der Waals surface area contributed by atoms with E-state index in [2.05, 4.69) is 34.3 Å². The number of methoxy groups -OCH3 is 1. The maximum absolute atomic E-state index is 11.0. The van der Waals surface area contributed by atoms with Gasteiger partial charge in [0.2, 0.25) is 0 Å². The Balaban J connectivity index is 1.76. The minimum atomic E-state index is -0.126. The van der Waals surface area contributed by atoms with Crippen LogP contribution in [0.15, 0.2) is 24.3 Å². The van der Waals surface area contributed by atoms with E-state index in [1.165, 1.54) is 18.2 Å². The fraction of sp³-hybridized carbons (Fsp3) is 0.500. The fourth-order valence-corrected chi connectivity index (χ4v) is 2.38. The number of hydrogen-bond acceptors (Lipinski definition) is 3. The van der Waals surface area contributed by atoms with Crippen LogP contribution in [0.1, 0.15) is 36.4 Å². The monoisotopic (exact) mass is 233 g/mol. The van der Waals surface area contributed by atoms with E-state index in [9.17, 15) is 4.79 Å². The Morgan fingerprint density at radius 1 is 1.47 bits per heavy atom. The number of benzene rings is 1. The van der Waals surface area contributed by atoms with Crippen molar-refractivity contribution in [2.75, 3.05) is 13.7 Å². The van der Waals surface area contributed by atoms with Crippen molar-refractivity contribution in [3.05, 3.63) is 35.4 Å². The Bertz CT molecular complexity index is 390. The topological polar surface area (TPSA) is 38.3 Å². The van der Waals surface area contributed by atoms with Crippen molar-refractivity contribution in [2.24, 2.45) is 0 Å². The van der Waals surface area contributed by atoms with E-state index in [1.807, 2.05) is 0 Å². The molecule has 0 heterocycles. The molecular formula is C14H19NO2. The van der Waals surface area contributed by atoms with Gasteiger partial charge in [-0.2, -0.15) is 0 Å². The zero-order valence-electron chi connectivity index (χ0n) is 10.2. The molecule has 0 aliphatic heterocycles. The molecule has 3 heteroatoms. The molecule has 0 fully saturated rings. The number of rotatable bonds is 5. The van der Waals surface area contributed by atoms with Crippen LogP contribution in [0.4, 0.5) is 0 Å². The lowest BCUT2D eigenvalue weighted by atomic mass is 10.1. The number of aryl methyl sites for hydroxylation is 1. The average molecular weight is 233 g/mol. The van der Waals surface area contributed by atoms with Crippen LogP contribution in [0.2, 0.25) is 0 Å². The molecule has 1 aromatic rings. The summed E-state index contributed by atoms with van der Waals surface area (Å²) >= 11 is 0. The van der Waals surface area contributed by atoms with Gasteiger partial charge in [-0.25, -0.2) is 0 Å². The van der Waals surface area contributed by atoms with E-state index in [0.29, 0.717) is 12.5 Å². The van der Waals surface area contributed by atoms with E-state index in [1.54, 1.807) is 0 Å². The van der Waals surface area contributed by atoms with Gasteiger partial charge in [0.15, 0.2) is 0 Å². The lowest BCUT2D eigenvalue weighted by Crippen LogP contribution is -2.21. The van der Waals surface area contributed by atoms with Crippen molar-refractivity contribution < 1.29 is 9.53 Å². The molecule has 1 unspecified atom stereocenters. The van der Waals surface area contributed by atoms with Gasteiger partial charge in [0.25, 0.3) is 0 Å². The van der Waals surface area contributed by atoms with Gasteiger partial charge in [-0.05, 0) is 36.9 Å². The van der Waals surface area contributed by atoms with Gasteiger partial charge in [-0.1, -0.05) is 24.3 Å². The molecule has 92 valence electrons. The standard InChI is InChI=1S/C14H19NO2/c1-17-14(16)7-4-10-15-13-9-8-11-5-2-3-6-12(11)13/h2-3,5-6,13,15H,4,7-10H2,1H3. The van der Waals surface area contributed by atoms with Gasteiger partial charge in [-0.3, -0.25) is 4.79 Å². The van der Waals surface area contributed by atoms with Crippen LogP contribution in [-0.4, -0.2) is 19.6 Å². The molecule has 17 heavy (non-hydrogen) atoms. The summed E-state index contributed by atoms with van der Waals surface area (Å²) in [6.45, 7) is 0.869. The van der Waals surface area contributed by atoms with Crippen LogP contribution >= 0.6 is 0 Å². The average Bonchev–Trinajstić information content (AvgIpc) is 2.78. The lowest BCUT2D eigenvalue weighted by Gasteiger charge is -2.13. The SMILES string of the molecule is COC(=O)CCCNC1CCc2ccccc21. The number of fused-ring (bicyclic) bond motifs is 1. The third kappa shape index (κ3) is 3.07. The number of nitrogens with one attached hydrogen (secondary N) is 1. The smallest absolute Gasteiger partial charge is 0.305 e. The van der Waals surface area contributed by atoms with Crippen LogP contribution in [-0.2, 0) is 16.0 Å². The molecule has 0 bridgehead atoms. The molecule has 0 radical (unpaired) electrons. The summed E-state index contributed by atoms with van der Waals surface area (Å²) in [4.78, 5) is 11.0. The van der Waals surface area contributed by atoms with Gasteiger partial charge < -0.3 is 10.1 Å². The summed E-state index contributed by atoms with van der Waals surface area (Å²) in [5.74, 6) is -0.126. The van der Waals surface area contributed by atoms with Gasteiger partial charge in [0, 0.05) is 12.5 Å². The molecule has 0 amide bonds. The van der Waals surface area contributed by atoms with Gasteiger partial charge in [-0.15, -0.1) is 0 Å². The largest absolute Gasteiger partial charge is 0.469 e. The highest BCUT2D eigenvalue weighted by Gasteiger charge is 2.20. The van der Waals surface area contributed by atoms with Crippen LogP contribution in [0.5, 0.6) is 0 Å². The van der Waals surface area contributed by atoms with Crippen molar-refractivity contribution in [3.63, 3.8) is 0 Å². The molecule has 1 atom stereocenters. The second kappa shape index (κ2) is 5.82. The van der Waals surface area contributed by atoms with Crippen molar-refractivity contribution >= 4 is 5.97 Å². The summed E-state index contributed by atoms with van der Waals surface area (Å²) in [6, 6.07) is 9.04. The fourth-order valence-electron chi connectivity index (χ4n) is 2.38. The van der Waals surface area contributed by atoms with Crippen LogP contribution in [0, 0.1) is 0 Å². The zero-order chi connectivity index (χ0) is 12.1. The number of carbonyl (C=O) groups excluding carboxylic acids is 1. The van der Waals surface area contributed by atoms with Crippen molar-refractivity contribution in [1.29, 1.82) is 0 Å². The molecule has 1 aliphatic rings. The molecule has 0 spiro atoms. The molecular weight excluding hydrogens is 214 g/mol. The van der Waals surface area contributed by atoms with Crippen LogP contribution < -0.4 is 5.32 Å². The Hall–Kier alpha value is -1.35. The van der Waals surface area contributed by atoms with Crippen molar-refractivity contribution in [1.82, 2.24) is 5.32 Å². The van der Waals surface area contributed by atoms with E-state index in [0.717, 1.165) is 25.8 Å². The summed E-state index contributed by atoms with van der Waals surface area (Å²) in [6.07, 6.45) is 3.66. The highest BCUT2D eigenvalue weighted by molar-refractivity contribution is 5.69. The number of esters is 1. The lowest BCUT2D eigenvalue weighted by molar-refractivity contribution is -0.140. The van der Waals surface area contributed by atoms with E-state index in [4.69, 9.17) is 0 Å². The summed E-state index contributed by atoms with van der Waals surface area (Å²) in [5, 5.41) is 3.51. The highest BCUT2D eigenvalue weighted by Crippen LogP contribution is 2.30. The van der Waals surface area contributed by atoms with Crippen molar-refractivity contribution in [2.45, 2.75) is 31.7 Å². The summed E-state index contributed by atoms with van der Waals surface area (Å²) in [7, 11) is 1.43. The third-order valence-corrected chi connectivity index (χ3v) is 3.31. The quantitative estimate of drug-likeness (QED) is 0.626. The first-order valence-electron chi connectivity index (χ1n) is 6.19. The Labute approximate surface area is 102 Å². The second-order valence-electron chi connectivity index (χ2n) is 4.42. The van der Waals surface area contributed by atoms with Gasteiger partial charge >= 0.3 is 5.97 Å². The Kier molecular flexibility index (Phi) is 4.15. The summed E-state index contributed by atoms with van der Waals surface area (Å²) < 4.78 is 4.61. The molecule has 1 aliphatic carbocycles. The molecule has 0 saturated heterocycles. The van der Waals surface area contributed by atoms with Gasteiger partial charge in [0.1, 0.15) is 0 Å². The maximum atomic E-state index is 11.0. The van der Waals surface area contributed by atoms with Crippen LogP contribution in [0.25, 0.3) is 0 Å². The number of carbonyl (C=O) groups is 1. The number of hydrogen-bond donors (Lipinski definition) is 1. The molecule has 0 aromatic heterocycles. The van der Waals surface area contributed by atoms with E-state index >= 15 is 0 Å². The zero-order valence-corrected chi connectivity index (χ0v) is 10.2. The molecule has 1 aromatic carbocycles. The van der Waals surface area contributed by atoms with Gasteiger partial charge in [0.05, 0.1) is 7.11 Å². The molecule has 0 saturated carbocycles. The first-order valence-corrected chi connectivity index (χ1v) is 6.19. The normalized spacial score (nSPS) is 17.8. The van der Waals surface area contributed by atoms with E-state index in [-0.39, 0.29) is 5.97 Å². The molecule has 1 N–H and O–H groups in total. The first-order chi connectivity index (χ1) is 8.31. The highest BCUT2D eigenvalue weighted by atomic mass is 16.5. The first kappa shape index (κ1) is 12.1. The van der Waals surface area contributed by atoms with Crippen LogP contribution in [0.3, 0.4) is 0 Å². The predicted octanol–water partition coefficient (Wildman–Crippen LogP) is 2.22. The predicted molar refractivity (Wildman–Crippen MR) is 66.8 cm³/mol.